The van der Waals surface area contributed by atoms with E-state index in [0.717, 1.165) is 0 Å². The van der Waals surface area contributed by atoms with Crippen molar-refractivity contribution in [3.63, 3.8) is 0 Å². The fourth-order valence-electron chi connectivity index (χ4n) is 2.90. The molecule has 0 amide bonds. The van der Waals surface area contributed by atoms with E-state index in [1.165, 1.54) is 25.7 Å². The van der Waals surface area contributed by atoms with Gasteiger partial charge in [-0.1, -0.05) is 31.8 Å². The fourth-order valence-corrected chi connectivity index (χ4v) is 2.90. The molecular weight excluding hydrogens is 242 g/mol. The summed E-state index contributed by atoms with van der Waals surface area (Å²) in [6.45, 7) is 4.16. The van der Waals surface area contributed by atoms with Crippen molar-refractivity contribution in [3.05, 3.63) is 11.7 Å². The largest absolute Gasteiger partial charge is 0.373 e. The van der Waals surface area contributed by atoms with Gasteiger partial charge < -0.3 is 15.0 Å². The molecule has 2 rings (SSSR count). The van der Waals surface area contributed by atoms with Gasteiger partial charge in [-0.15, -0.1) is 0 Å². The van der Waals surface area contributed by atoms with E-state index in [9.17, 15) is 0 Å². The van der Waals surface area contributed by atoms with Crippen LogP contribution in [0.15, 0.2) is 4.52 Å². The highest BCUT2D eigenvalue weighted by Crippen LogP contribution is 2.28. The van der Waals surface area contributed by atoms with Gasteiger partial charge in [-0.05, 0) is 24.7 Å². The second-order valence-corrected chi connectivity index (χ2v) is 5.86. The predicted molar refractivity (Wildman–Crippen MR) is 72.5 cm³/mol. The average Bonchev–Trinajstić information content (AvgIpc) is 3.00. The molecule has 5 nitrogen and oxygen atoms in total. The molecule has 108 valence electrons. The number of ether oxygens (including phenoxy) is 1. The molecule has 0 radical (unpaired) electrons. The lowest BCUT2D eigenvalue weighted by molar-refractivity contribution is 0.0555. The van der Waals surface area contributed by atoms with Gasteiger partial charge in [0.2, 0.25) is 11.7 Å². The van der Waals surface area contributed by atoms with Crippen molar-refractivity contribution in [1.29, 1.82) is 0 Å². The van der Waals surface area contributed by atoms with Crippen LogP contribution in [0.25, 0.3) is 0 Å². The molecule has 2 unspecified atom stereocenters. The molecule has 0 aromatic carbocycles. The number of aromatic nitrogens is 2. The zero-order valence-electron chi connectivity index (χ0n) is 12.1. The van der Waals surface area contributed by atoms with Crippen LogP contribution in [0.3, 0.4) is 0 Å². The summed E-state index contributed by atoms with van der Waals surface area (Å²) in [6.07, 6.45) is 5.62. The first kappa shape index (κ1) is 14.5. The number of rotatable bonds is 6. The third kappa shape index (κ3) is 3.54. The molecule has 1 fully saturated rings. The van der Waals surface area contributed by atoms with Crippen LogP contribution >= 0.6 is 0 Å². The molecule has 5 heteroatoms. The van der Waals surface area contributed by atoms with Crippen LogP contribution in [-0.2, 0) is 11.2 Å². The lowest BCUT2D eigenvalue weighted by Gasteiger charge is -2.16. The van der Waals surface area contributed by atoms with Crippen molar-refractivity contribution >= 4 is 0 Å². The molecule has 0 bridgehead atoms. The van der Waals surface area contributed by atoms with Crippen LogP contribution < -0.4 is 5.73 Å². The third-order valence-corrected chi connectivity index (χ3v) is 4.01. The zero-order valence-corrected chi connectivity index (χ0v) is 12.1. The molecule has 1 saturated carbocycles. The van der Waals surface area contributed by atoms with Gasteiger partial charge in [0.05, 0.1) is 0 Å². The first-order chi connectivity index (χ1) is 9.11. The second-order valence-electron chi connectivity index (χ2n) is 5.86. The normalized spacial score (nSPS) is 20.1. The maximum absolute atomic E-state index is 6.23. The molecule has 1 aliphatic rings. The highest BCUT2D eigenvalue weighted by molar-refractivity contribution is 4.95. The van der Waals surface area contributed by atoms with Gasteiger partial charge in [0, 0.05) is 19.6 Å². The Hall–Kier alpha value is -0.940. The Morgan fingerprint density at radius 1 is 1.37 bits per heavy atom. The summed E-state index contributed by atoms with van der Waals surface area (Å²) in [4.78, 5) is 4.43. The number of hydrogen-bond acceptors (Lipinski definition) is 5. The van der Waals surface area contributed by atoms with Crippen molar-refractivity contribution in [2.75, 3.05) is 7.11 Å². The maximum Gasteiger partial charge on any atom is 0.228 e. The first-order valence-corrected chi connectivity index (χ1v) is 7.22. The lowest BCUT2D eigenvalue weighted by Crippen LogP contribution is -2.30. The molecule has 0 aliphatic heterocycles. The topological polar surface area (TPSA) is 74.2 Å². The van der Waals surface area contributed by atoms with Gasteiger partial charge in [-0.3, -0.25) is 0 Å². The number of hydrogen-bond donors (Lipinski definition) is 1. The van der Waals surface area contributed by atoms with Gasteiger partial charge in [0.15, 0.2) is 0 Å². The minimum Gasteiger partial charge on any atom is -0.373 e. The smallest absolute Gasteiger partial charge is 0.228 e. The summed E-state index contributed by atoms with van der Waals surface area (Å²) in [5.41, 5.74) is 6.23. The fraction of sp³-hybridized carbons (Fsp3) is 0.857. The van der Waals surface area contributed by atoms with Crippen LogP contribution in [0.2, 0.25) is 0 Å². The molecule has 0 saturated heterocycles. The van der Waals surface area contributed by atoms with Crippen molar-refractivity contribution in [2.45, 2.75) is 58.1 Å². The Morgan fingerprint density at radius 2 is 2.05 bits per heavy atom. The molecule has 1 heterocycles. The third-order valence-electron chi connectivity index (χ3n) is 4.01. The highest BCUT2D eigenvalue weighted by Gasteiger charge is 2.26. The maximum atomic E-state index is 6.23. The van der Waals surface area contributed by atoms with E-state index < -0.39 is 0 Å². The van der Waals surface area contributed by atoms with Gasteiger partial charge in [-0.25, -0.2) is 0 Å². The lowest BCUT2D eigenvalue weighted by atomic mass is 9.96. The zero-order chi connectivity index (χ0) is 13.8. The van der Waals surface area contributed by atoms with Gasteiger partial charge in [-0.2, -0.15) is 4.98 Å². The SMILES string of the molecule is COC(c1noc(CC(N)C2CCCC2)n1)C(C)C. The Labute approximate surface area is 114 Å². The van der Waals surface area contributed by atoms with Crippen LogP contribution in [0.4, 0.5) is 0 Å². The minimum atomic E-state index is -0.111. The Balaban J connectivity index is 1.96. The summed E-state index contributed by atoms with van der Waals surface area (Å²) < 4.78 is 10.7. The van der Waals surface area contributed by atoms with Crippen molar-refractivity contribution in [1.82, 2.24) is 10.1 Å². The summed E-state index contributed by atoms with van der Waals surface area (Å²) in [7, 11) is 1.67. The van der Waals surface area contributed by atoms with Crippen LogP contribution in [0.5, 0.6) is 0 Å². The predicted octanol–water partition coefficient (Wildman–Crippen LogP) is 2.47. The molecule has 2 N–H and O–H groups in total. The van der Waals surface area contributed by atoms with Crippen molar-refractivity contribution < 1.29 is 9.26 Å². The Morgan fingerprint density at radius 3 is 2.63 bits per heavy atom. The standard InChI is InChI=1S/C14H25N3O2/c1-9(2)13(18-3)14-16-12(19-17-14)8-11(15)10-6-4-5-7-10/h9-11,13H,4-8,15H2,1-3H3. The Bertz CT molecular complexity index is 386. The van der Waals surface area contributed by atoms with Crippen LogP contribution in [0, 0.1) is 11.8 Å². The summed E-state index contributed by atoms with van der Waals surface area (Å²) in [5, 5.41) is 4.02. The van der Waals surface area contributed by atoms with E-state index in [-0.39, 0.29) is 12.1 Å². The molecule has 2 atom stereocenters. The quantitative estimate of drug-likeness (QED) is 0.857. The highest BCUT2D eigenvalue weighted by atomic mass is 16.5. The summed E-state index contributed by atoms with van der Waals surface area (Å²) in [6, 6.07) is 0.135. The van der Waals surface area contributed by atoms with Gasteiger partial charge >= 0.3 is 0 Å². The molecule has 1 aliphatic carbocycles. The number of methoxy groups -OCH3 is 1. The average molecular weight is 267 g/mol. The molecular formula is C14H25N3O2. The molecule has 1 aromatic heterocycles. The van der Waals surface area contributed by atoms with Crippen molar-refractivity contribution in [2.24, 2.45) is 17.6 Å². The first-order valence-electron chi connectivity index (χ1n) is 7.22. The van der Waals surface area contributed by atoms with E-state index in [2.05, 4.69) is 24.0 Å². The molecule has 1 aromatic rings. The van der Waals surface area contributed by atoms with Crippen LogP contribution in [0.1, 0.15) is 57.3 Å². The van der Waals surface area contributed by atoms with Gasteiger partial charge in [0.1, 0.15) is 6.10 Å². The van der Waals surface area contributed by atoms with E-state index in [1.54, 1.807) is 7.11 Å². The number of nitrogens with two attached hydrogens (primary N) is 1. The van der Waals surface area contributed by atoms with Crippen molar-refractivity contribution in [3.8, 4) is 0 Å². The van der Waals surface area contributed by atoms with Gasteiger partial charge in [0.25, 0.3) is 0 Å². The number of nitrogens with zero attached hydrogens (tertiary/aromatic N) is 2. The molecule has 19 heavy (non-hydrogen) atoms. The van der Waals surface area contributed by atoms with E-state index in [0.29, 0.717) is 30.0 Å². The summed E-state index contributed by atoms with van der Waals surface area (Å²) in [5.74, 6) is 2.20. The van der Waals surface area contributed by atoms with E-state index >= 15 is 0 Å². The monoisotopic (exact) mass is 267 g/mol. The van der Waals surface area contributed by atoms with E-state index in [4.69, 9.17) is 15.0 Å². The Kier molecular flexibility index (Phi) is 4.93. The minimum absolute atomic E-state index is 0.111. The van der Waals surface area contributed by atoms with E-state index in [1.807, 2.05) is 0 Å². The summed E-state index contributed by atoms with van der Waals surface area (Å²) >= 11 is 0. The van der Waals surface area contributed by atoms with Crippen LogP contribution in [-0.4, -0.2) is 23.3 Å². The second kappa shape index (κ2) is 6.48. The molecule has 0 spiro atoms.